The van der Waals surface area contributed by atoms with Crippen LogP contribution in [0.4, 0.5) is 20.5 Å². The fourth-order valence-electron chi connectivity index (χ4n) is 2.88. The maximum atomic E-state index is 14.1. The van der Waals surface area contributed by atoms with Crippen molar-refractivity contribution in [3.8, 4) is 11.1 Å². The molecular formula is C19H22F2N6. The van der Waals surface area contributed by atoms with Crippen LogP contribution in [0.25, 0.3) is 22.2 Å². The van der Waals surface area contributed by atoms with E-state index >= 15 is 0 Å². The Morgan fingerprint density at radius 2 is 1.81 bits per heavy atom. The number of pyridine rings is 1. The molecule has 0 aliphatic rings. The van der Waals surface area contributed by atoms with Gasteiger partial charge in [0.25, 0.3) is 0 Å². The number of benzene rings is 1. The minimum absolute atomic E-state index is 0.0132. The van der Waals surface area contributed by atoms with Crippen LogP contribution in [0.1, 0.15) is 13.8 Å². The van der Waals surface area contributed by atoms with Crippen molar-refractivity contribution >= 4 is 22.8 Å². The van der Waals surface area contributed by atoms with Crippen LogP contribution in [-0.2, 0) is 0 Å². The van der Waals surface area contributed by atoms with Gasteiger partial charge in [0.1, 0.15) is 17.5 Å². The third kappa shape index (κ3) is 4.11. The third-order valence-electron chi connectivity index (χ3n) is 4.44. The number of nitrogen functional groups attached to an aromatic ring is 1. The highest BCUT2D eigenvalue weighted by atomic mass is 19.1. The second-order valence-corrected chi connectivity index (χ2v) is 6.08. The lowest BCUT2D eigenvalue weighted by Crippen LogP contribution is -2.28. The number of halogens is 2. The van der Waals surface area contributed by atoms with Crippen molar-refractivity contribution < 1.29 is 8.78 Å². The van der Waals surface area contributed by atoms with Gasteiger partial charge >= 0.3 is 0 Å². The van der Waals surface area contributed by atoms with Gasteiger partial charge in [-0.25, -0.2) is 18.7 Å². The van der Waals surface area contributed by atoms with Crippen LogP contribution >= 0.6 is 0 Å². The standard InChI is InChI=1S/C19H22F2N6/c1-3-27(4-2)9-8-23-19-24-11-12-10-13(17(22)25-18(12)26-19)16-14(20)6-5-7-15(16)21/h5-7,10-11H,3-4,8-9H2,1-2H3,(H3,22,23,24,25,26). The van der Waals surface area contributed by atoms with E-state index in [-0.39, 0.29) is 16.9 Å². The summed E-state index contributed by atoms with van der Waals surface area (Å²) < 4.78 is 28.1. The van der Waals surface area contributed by atoms with E-state index in [0.29, 0.717) is 23.5 Å². The van der Waals surface area contributed by atoms with Crippen molar-refractivity contribution in [1.29, 1.82) is 0 Å². The van der Waals surface area contributed by atoms with Gasteiger partial charge in [-0.3, -0.25) is 0 Å². The van der Waals surface area contributed by atoms with Crippen LogP contribution in [0.3, 0.4) is 0 Å². The highest BCUT2D eigenvalue weighted by molar-refractivity contribution is 5.87. The van der Waals surface area contributed by atoms with Crippen LogP contribution in [0.15, 0.2) is 30.5 Å². The summed E-state index contributed by atoms with van der Waals surface area (Å²) in [5, 5.41) is 3.71. The summed E-state index contributed by atoms with van der Waals surface area (Å²) in [5.41, 5.74) is 6.30. The molecule has 0 aliphatic carbocycles. The molecular weight excluding hydrogens is 350 g/mol. The minimum atomic E-state index is -0.696. The smallest absolute Gasteiger partial charge is 0.224 e. The molecule has 0 atom stereocenters. The fraction of sp³-hybridized carbons (Fsp3) is 0.316. The summed E-state index contributed by atoms with van der Waals surface area (Å²) >= 11 is 0. The first-order valence-electron chi connectivity index (χ1n) is 8.87. The van der Waals surface area contributed by atoms with Gasteiger partial charge in [-0.1, -0.05) is 19.9 Å². The number of hydrogen-bond acceptors (Lipinski definition) is 6. The average Bonchev–Trinajstić information content (AvgIpc) is 2.65. The van der Waals surface area contributed by atoms with E-state index in [1.54, 1.807) is 12.3 Å². The molecule has 0 saturated carbocycles. The molecule has 0 fully saturated rings. The van der Waals surface area contributed by atoms with Gasteiger partial charge in [-0.15, -0.1) is 0 Å². The zero-order valence-electron chi connectivity index (χ0n) is 15.3. The number of hydrogen-bond donors (Lipinski definition) is 2. The van der Waals surface area contributed by atoms with Gasteiger partial charge < -0.3 is 16.0 Å². The quantitative estimate of drug-likeness (QED) is 0.662. The number of likely N-dealkylation sites (N-methyl/N-ethyl adjacent to an activating group) is 1. The Morgan fingerprint density at radius 3 is 2.48 bits per heavy atom. The molecule has 8 heteroatoms. The van der Waals surface area contributed by atoms with E-state index in [2.05, 4.69) is 39.0 Å². The second kappa shape index (κ2) is 8.22. The van der Waals surface area contributed by atoms with E-state index in [9.17, 15) is 8.78 Å². The fourth-order valence-corrected chi connectivity index (χ4v) is 2.88. The van der Waals surface area contributed by atoms with Crippen molar-refractivity contribution in [1.82, 2.24) is 19.9 Å². The Morgan fingerprint density at radius 1 is 1.11 bits per heavy atom. The van der Waals surface area contributed by atoms with E-state index in [1.165, 1.54) is 18.2 Å². The Hall–Kier alpha value is -2.87. The van der Waals surface area contributed by atoms with Gasteiger partial charge in [0.2, 0.25) is 5.95 Å². The van der Waals surface area contributed by atoms with Crippen LogP contribution in [0.5, 0.6) is 0 Å². The summed E-state index contributed by atoms with van der Waals surface area (Å²) in [7, 11) is 0. The summed E-state index contributed by atoms with van der Waals surface area (Å²) in [4.78, 5) is 15.1. The van der Waals surface area contributed by atoms with E-state index in [1.807, 2.05) is 0 Å². The molecule has 0 bridgehead atoms. The Kier molecular flexibility index (Phi) is 5.75. The number of rotatable bonds is 7. The summed E-state index contributed by atoms with van der Waals surface area (Å²) in [5.74, 6) is -0.942. The van der Waals surface area contributed by atoms with Gasteiger partial charge in [-0.05, 0) is 31.3 Å². The van der Waals surface area contributed by atoms with Crippen LogP contribution < -0.4 is 11.1 Å². The Bertz CT molecular complexity index is 923. The Labute approximate surface area is 156 Å². The van der Waals surface area contributed by atoms with Gasteiger partial charge in [0.15, 0.2) is 5.65 Å². The topological polar surface area (TPSA) is 80.0 Å². The summed E-state index contributed by atoms with van der Waals surface area (Å²) in [6.45, 7) is 7.74. The highest BCUT2D eigenvalue weighted by Gasteiger charge is 2.16. The number of anilines is 2. The zero-order chi connectivity index (χ0) is 19.4. The predicted octanol–water partition coefficient (Wildman–Crippen LogP) is 3.31. The number of aromatic nitrogens is 3. The molecule has 2 heterocycles. The molecule has 3 aromatic rings. The van der Waals surface area contributed by atoms with Crippen LogP contribution in [0.2, 0.25) is 0 Å². The molecule has 0 unspecified atom stereocenters. The van der Waals surface area contributed by atoms with E-state index < -0.39 is 11.6 Å². The number of nitrogens with zero attached hydrogens (tertiary/aromatic N) is 4. The first kappa shape index (κ1) is 18.9. The zero-order valence-corrected chi connectivity index (χ0v) is 15.3. The number of nitrogens with two attached hydrogens (primary N) is 1. The number of fused-ring (bicyclic) bond motifs is 1. The molecule has 2 aromatic heterocycles. The molecule has 0 spiro atoms. The Balaban J connectivity index is 1.87. The molecule has 1 aromatic carbocycles. The molecule has 0 radical (unpaired) electrons. The third-order valence-corrected chi connectivity index (χ3v) is 4.44. The van der Waals surface area contributed by atoms with Gasteiger partial charge in [0.05, 0.1) is 5.56 Å². The van der Waals surface area contributed by atoms with Crippen molar-refractivity contribution in [3.63, 3.8) is 0 Å². The average molecular weight is 372 g/mol. The summed E-state index contributed by atoms with van der Waals surface area (Å²) in [6, 6.07) is 5.22. The van der Waals surface area contributed by atoms with E-state index in [4.69, 9.17) is 5.73 Å². The second-order valence-electron chi connectivity index (χ2n) is 6.08. The van der Waals surface area contributed by atoms with Gasteiger partial charge in [0, 0.05) is 30.2 Å². The molecule has 142 valence electrons. The number of nitrogens with one attached hydrogen (secondary N) is 1. The minimum Gasteiger partial charge on any atom is -0.383 e. The maximum absolute atomic E-state index is 14.1. The van der Waals surface area contributed by atoms with Crippen LogP contribution in [-0.4, -0.2) is 46.0 Å². The lowest BCUT2D eigenvalue weighted by Gasteiger charge is -2.17. The molecule has 27 heavy (non-hydrogen) atoms. The van der Waals surface area contributed by atoms with Crippen LogP contribution in [0, 0.1) is 11.6 Å². The molecule has 0 amide bonds. The van der Waals surface area contributed by atoms with Crippen molar-refractivity contribution in [2.75, 3.05) is 37.2 Å². The molecule has 0 aliphatic heterocycles. The SMILES string of the molecule is CCN(CC)CCNc1ncc2cc(-c3c(F)cccc3F)c(N)nc2n1. The first-order chi connectivity index (χ1) is 13.0. The monoisotopic (exact) mass is 372 g/mol. The lowest BCUT2D eigenvalue weighted by molar-refractivity contribution is 0.316. The normalized spacial score (nSPS) is 11.3. The van der Waals surface area contributed by atoms with Crippen molar-refractivity contribution in [2.24, 2.45) is 0 Å². The van der Waals surface area contributed by atoms with E-state index in [0.717, 1.165) is 19.6 Å². The molecule has 3 N–H and O–H groups in total. The predicted molar refractivity (Wildman–Crippen MR) is 103 cm³/mol. The molecule has 6 nitrogen and oxygen atoms in total. The first-order valence-corrected chi connectivity index (χ1v) is 8.87. The molecule has 3 rings (SSSR count). The lowest BCUT2D eigenvalue weighted by atomic mass is 10.0. The molecule has 0 saturated heterocycles. The van der Waals surface area contributed by atoms with Crippen molar-refractivity contribution in [2.45, 2.75) is 13.8 Å². The summed E-state index contributed by atoms with van der Waals surface area (Å²) in [6.07, 6.45) is 1.57. The highest BCUT2D eigenvalue weighted by Crippen LogP contribution is 2.31. The largest absolute Gasteiger partial charge is 0.383 e. The van der Waals surface area contributed by atoms with Crippen molar-refractivity contribution in [3.05, 3.63) is 42.1 Å². The maximum Gasteiger partial charge on any atom is 0.224 e. The van der Waals surface area contributed by atoms with Gasteiger partial charge in [-0.2, -0.15) is 4.98 Å².